The highest BCUT2D eigenvalue weighted by molar-refractivity contribution is 4.86. The standard InChI is InChI=1S/C29H56N2/c1-2-3-4-5-6-7-8-9-10-11-12-13-14-15-16-17-18-19-20-21-22-23-24-25-26-29-30-27-28-31-29/h27-28H,2-26H2,1H3,(H,30,31). The first-order valence-corrected chi connectivity index (χ1v) is 14.4. The fourth-order valence-corrected chi connectivity index (χ4v) is 4.69. The van der Waals surface area contributed by atoms with Crippen LogP contribution in [0.4, 0.5) is 0 Å². The number of aromatic amines is 1. The smallest absolute Gasteiger partial charge is 0.105 e. The van der Waals surface area contributed by atoms with Crippen molar-refractivity contribution in [2.45, 2.75) is 167 Å². The van der Waals surface area contributed by atoms with E-state index in [0.29, 0.717) is 0 Å². The van der Waals surface area contributed by atoms with Crippen molar-refractivity contribution in [1.29, 1.82) is 0 Å². The summed E-state index contributed by atoms with van der Waals surface area (Å²) in [5, 5.41) is 0. The lowest BCUT2D eigenvalue weighted by molar-refractivity contribution is 0.517. The highest BCUT2D eigenvalue weighted by atomic mass is 14.9. The van der Waals surface area contributed by atoms with E-state index in [-0.39, 0.29) is 0 Å². The van der Waals surface area contributed by atoms with Crippen molar-refractivity contribution < 1.29 is 0 Å². The number of H-pyrrole nitrogens is 1. The molecular formula is C29H56N2. The van der Waals surface area contributed by atoms with Crippen LogP contribution in [0.3, 0.4) is 0 Å². The van der Waals surface area contributed by atoms with Gasteiger partial charge in [-0.15, -0.1) is 0 Å². The first-order chi connectivity index (χ1) is 15.4. The second-order valence-electron chi connectivity index (χ2n) is 9.92. The molecule has 1 heterocycles. The van der Waals surface area contributed by atoms with Gasteiger partial charge in [0.25, 0.3) is 0 Å². The Bertz CT molecular complexity index is 426. The second-order valence-corrected chi connectivity index (χ2v) is 9.92. The number of nitrogens with zero attached hydrogens (tertiary/aromatic N) is 1. The van der Waals surface area contributed by atoms with Crippen molar-refractivity contribution in [2.24, 2.45) is 0 Å². The maximum absolute atomic E-state index is 4.29. The van der Waals surface area contributed by atoms with Crippen LogP contribution in [0.1, 0.15) is 167 Å². The summed E-state index contributed by atoms with van der Waals surface area (Å²) in [4.78, 5) is 7.48. The van der Waals surface area contributed by atoms with Crippen LogP contribution in [-0.4, -0.2) is 9.97 Å². The first kappa shape index (κ1) is 28.2. The van der Waals surface area contributed by atoms with Gasteiger partial charge in [0.15, 0.2) is 0 Å². The molecule has 0 unspecified atom stereocenters. The van der Waals surface area contributed by atoms with Crippen molar-refractivity contribution in [3.05, 3.63) is 18.2 Å². The molecule has 0 saturated carbocycles. The minimum Gasteiger partial charge on any atom is -0.349 e. The SMILES string of the molecule is CCCCCCCCCCCCCCCCCCCCCCCCCCc1ncc[nH]1. The van der Waals surface area contributed by atoms with Gasteiger partial charge in [0.05, 0.1) is 0 Å². The Hall–Kier alpha value is -0.790. The predicted octanol–water partition coefficient (Wildman–Crippen LogP) is 10.3. The minimum absolute atomic E-state index is 1.12. The van der Waals surface area contributed by atoms with E-state index in [9.17, 15) is 0 Å². The third-order valence-corrected chi connectivity index (χ3v) is 6.82. The van der Waals surface area contributed by atoms with Crippen molar-refractivity contribution in [3.63, 3.8) is 0 Å². The molecule has 0 aromatic carbocycles. The fraction of sp³-hybridized carbons (Fsp3) is 0.897. The zero-order chi connectivity index (χ0) is 22.1. The van der Waals surface area contributed by atoms with Crippen LogP contribution in [0.15, 0.2) is 12.4 Å². The van der Waals surface area contributed by atoms with Crippen LogP contribution < -0.4 is 0 Å². The summed E-state index contributed by atoms with van der Waals surface area (Å²) >= 11 is 0. The average Bonchev–Trinajstić information content (AvgIpc) is 3.30. The van der Waals surface area contributed by atoms with Crippen LogP contribution in [0, 0.1) is 0 Å². The number of hydrogen-bond acceptors (Lipinski definition) is 1. The molecule has 0 spiro atoms. The number of imidazole rings is 1. The van der Waals surface area contributed by atoms with Crippen LogP contribution >= 0.6 is 0 Å². The summed E-state index contributed by atoms with van der Waals surface area (Å²) in [6, 6.07) is 0. The van der Waals surface area contributed by atoms with E-state index in [4.69, 9.17) is 0 Å². The Morgan fingerprint density at radius 1 is 0.484 bits per heavy atom. The molecule has 2 heteroatoms. The third kappa shape index (κ3) is 20.8. The molecule has 0 aliphatic carbocycles. The van der Waals surface area contributed by atoms with Gasteiger partial charge < -0.3 is 4.98 Å². The van der Waals surface area contributed by atoms with Gasteiger partial charge in [-0.3, -0.25) is 0 Å². The molecule has 0 atom stereocenters. The van der Waals surface area contributed by atoms with Crippen LogP contribution in [-0.2, 0) is 6.42 Å². The lowest BCUT2D eigenvalue weighted by atomic mass is 10.0. The monoisotopic (exact) mass is 432 g/mol. The molecule has 1 N–H and O–H groups in total. The summed E-state index contributed by atoms with van der Waals surface area (Å²) in [7, 11) is 0. The summed E-state index contributed by atoms with van der Waals surface area (Å²) in [5.74, 6) is 1.15. The highest BCUT2D eigenvalue weighted by Gasteiger charge is 1.97. The molecule has 0 fully saturated rings. The maximum Gasteiger partial charge on any atom is 0.105 e. The number of nitrogens with one attached hydrogen (secondary N) is 1. The number of aryl methyl sites for hydroxylation is 1. The van der Waals surface area contributed by atoms with Gasteiger partial charge >= 0.3 is 0 Å². The highest BCUT2D eigenvalue weighted by Crippen LogP contribution is 2.15. The average molecular weight is 433 g/mol. The molecule has 0 radical (unpaired) electrons. The molecule has 2 nitrogen and oxygen atoms in total. The van der Waals surface area contributed by atoms with E-state index in [1.165, 1.54) is 154 Å². The van der Waals surface area contributed by atoms with Gasteiger partial charge in [-0.25, -0.2) is 4.98 Å². The van der Waals surface area contributed by atoms with Gasteiger partial charge in [0.1, 0.15) is 5.82 Å². The Kier molecular flexibility index (Phi) is 21.7. The van der Waals surface area contributed by atoms with E-state index in [1.807, 2.05) is 12.4 Å². The van der Waals surface area contributed by atoms with Crippen molar-refractivity contribution in [3.8, 4) is 0 Å². The van der Waals surface area contributed by atoms with Crippen LogP contribution in [0.5, 0.6) is 0 Å². The van der Waals surface area contributed by atoms with E-state index >= 15 is 0 Å². The molecule has 31 heavy (non-hydrogen) atoms. The Morgan fingerprint density at radius 3 is 1.10 bits per heavy atom. The summed E-state index contributed by atoms with van der Waals surface area (Å²) in [5.41, 5.74) is 0. The molecule has 1 aromatic heterocycles. The molecular weight excluding hydrogens is 376 g/mol. The van der Waals surface area contributed by atoms with E-state index in [0.717, 1.165) is 12.2 Å². The zero-order valence-electron chi connectivity index (χ0n) is 21.3. The topological polar surface area (TPSA) is 28.7 Å². The van der Waals surface area contributed by atoms with Crippen molar-refractivity contribution in [2.75, 3.05) is 0 Å². The summed E-state index contributed by atoms with van der Waals surface area (Å²) in [6.45, 7) is 2.30. The van der Waals surface area contributed by atoms with E-state index < -0.39 is 0 Å². The van der Waals surface area contributed by atoms with Crippen LogP contribution in [0.2, 0.25) is 0 Å². The summed E-state index contributed by atoms with van der Waals surface area (Å²) in [6.07, 6.45) is 39.7. The minimum atomic E-state index is 1.12. The second kappa shape index (κ2) is 23.9. The molecule has 182 valence electrons. The van der Waals surface area contributed by atoms with E-state index in [2.05, 4.69) is 16.9 Å². The number of rotatable bonds is 25. The molecule has 0 bridgehead atoms. The zero-order valence-corrected chi connectivity index (χ0v) is 21.3. The first-order valence-electron chi connectivity index (χ1n) is 14.4. The van der Waals surface area contributed by atoms with E-state index in [1.54, 1.807) is 0 Å². The molecule has 0 aliphatic heterocycles. The molecule has 0 saturated heterocycles. The lowest BCUT2D eigenvalue weighted by Crippen LogP contribution is -1.88. The number of unbranched alkanes of at least 4 members (excludes halogenated alkanes) is 23. The van der Waals surface area contributed by atoms with Crippen molar-refractivity contribution in [1.82, 2.24) is 9.97 Å². The third-order valence-electron chi connectivity index (χ3n) is 6.82. The van der Waals surface area contributed by atoms with Crippen LogP contribution in [0.25, 0.3) is 0 Å². The largest absolute Gasteiger partial charge is 0.349 e. The van der Waals surface area contributed by atoms with Crippen molar-refractivity contribution >= 4 is 0 Å². The fourth-order valence-electron chi connectivity index (χ4n) is 4.69. The quantitative estimate of drug-likeness (QED) is 0.153. The Morgan fingerprint density at radius 2 is 0.806 bits per heavy atom. The van der Waals surface area contributed by atoms with Gasteiger partial charge in [-0.1, -0.05) is 155 Å². The predicted molar refractivity (Wildman–Crippen MR) is 139 cm³/mol. The Balaban J connectivity index is 1.62. The number of aromatic nitrogens is 2. The lowest BCUT2D eigenvalue weighted by Gasteiger charge is -2.04. The molecule has 0 amide bonds. The van der Waals surface area contributed by atoms with Gasteiger partial charge in [0, 0.05) is 18.8 Å². The van der Waals surface area contributed by atoms with Gasteiger partial charge in [0.2, 0.25) is 0 Å². The molecule has 1 rings (SSSR count). The maximum atomic E-state index is 4.29. The Labute approximate surface area is 195 Å². The normalized spacial score (nSPS) is 11.4. The summed E-state index contributed by atoms with van der Waals surface area (Å²) < 4.78 is 0. The van der Waals surface area contributed by atoms with Gasteiger partial charge in [-0.05, 0) is 6.42 Å². The van der Waals surface area contributed by atoms with Gasteiger partial charge in [-0.2, -0.15) is 0 Å². The number of hydrogen-bond donors (Lipinski definition) is 1. The molecule has 0 aliphatic rings. The molecule has 1 aromatic rings.